The van der Waals surface area contributed by atoms with E-state index >= 15 is 0 Å². The number of carboxylic acid groups (broad SMARTS) is 1. The Morgan fingerprint density at radius 1 is 0.679 bits per heavy atom. The Morgan fingerprint density at radius 2 is 1.15 bits per heavy atom. The normalized spacial score (nSPS) is 13.4. The molecular weight excluding hydrogens is 670 g/mol. The highest BCUT2D eigenvalue weighted by molar-refractivity contribution is 5.82. The van der Waals surface area contributed by atoms with Crippen LogP contribution in [-0.2, 0) is 20.8 Å². The van der Waals surface area contributed by atoms with E-state index in [-0.39, 0.29) is 49.7 Å². The zero-order chi connectivity index (χ0) is 37.1. The number of hydrogen-bond donors (Lipinski definition) is 1. The maximum atomic E-state index is 14.0. The molecule has 270 valence electrons. The summed E-state index contributed by atoms with van der Waals surface area (Å²) < 4.78 is 22.9. The van der Waals surface area contributed by atoms with Gasteiger partial charge in [0.05, 0.1) is 13.7 Å². The third-order valence-corrected chi connectivity index (χ3v) is 10.1. The summed E-state index contributed by atoms with van der Waals surface area (Å²) in [6, 6.07) is 35.7. The SMILES string of the molecule is COc1ccc(CN(C(=O)OCC2c3ccccc3-c3ccccc32)[C@@H](CC(C)C)C(=O)O)c(OC(=O)OCC2c3ccccc3-c3ccccc32)c1. The van der Waals surface area contributed by atoms with Gasteiger partial charge in [-0.3, -0.25) is 4.90 Å². The van der Waals surface area contributed by atoms with Crippen LogP contribution in [0.25, 0.3) is 22.3 Å². The van der Waals surface area contributed by atoms with Gasteiger partial charge >= 0.3 is 18.2 Å². The van der Waals surface area contributed by atoms with Crippen LogP contribution >= 0.6 is 0 Å². The van der Waals surface area contributed by atoms with E-state index in [9.17, 15) is 19.5 Å². The highest BCUT2D eigenvalue weighted by atomic mass is 16.7. The molecule has 53 heavy (non-hydrogen) atoms. The van der Waals surface area contributed by atoms with Crippen molar-refractivity contribution < 1.29 is 38.4 Å². The van der Waals surface area contributed by atoms with Crippen LogP contribution in [0.5, 0.6) is 11.5 Å². The molecule has 0 unspecified atom stereocenters. The molecule has 0 aliphatic heterocycles. The molecular formula is C44H41NO8. The van der Waals surface area contributed by atoms with Crippen LogP contribution in [0.4, 0.5) is 9.59 Å². The lowest BCUT2D eigenvalue weighted by molar-refractivity contribution is -0.143. The molecule has 0 heterocycles. The van der Waals surface area contributed by atoms with Crippen LogP contribution in [0, 0.1) is 5.92 Å². The van der Waals surface area contributed by atoms with Crippen LogP contribution in [0.3, 0.4) is 0 Å². The predicted molar refractivity (Wildman–Crippen MR) is 200 cm³/mol. The highest BCUT2D eigenvalue weighted by Crippen LogP contribution is 2.46. The molecule has 2 aliphatic rings. The number of ether oxygens (including phenoxy) is 4. The number of methoxy groups -OCH3 is 1. The number of benzene rings is 5. The molecule has 1 atom stereocenters. The van der Waals surface area contributed by atoms with Crippen molar-refractivity contribution in [1.82, 2.24) is 4.90 Å². The van der Waals surface area contributed by atoms with Crippen molar-refractivity contribution in [2.45, 2.75) is 44.7 Å². The predicted octanol–water partition coefficient (Wildman–Crippen LogP) is 9.27. The van der Waals surface area contributed by atoms with E-state index < -0.39 is 24.3 Å². The van der Waals surface area contributed by atoms with Gasteiger partial charge in [0.25, 0.3) is 0 Å². The van der Waals surface area contributed by atoms with Crippen molar-refractivity contribution in [2.24, 2.45) is 5.92 Å². The number of amides is 1. The van der Waals surface area contributed by atoms with E-state index in [0.29, 0.717) is 11.3 Å². The first-order valence-corrected chi connectivity index (χ1v) is 17.8. The zero-order valence-corrected chi connectivity index (χ0v) is 29.9. The Hall–Kier alpha value is -6.09. The number of aliphatic carboxylic acids is 1. The monoisotopic (exact) mass is 711 g/mol. The number of fused-ring (bicyclic) bond motifs is 6. The maximum Gasteiger partial charge on any atom is 0.513 e. The molecule has 1 N–H and O–H groups in total. The van der Waals surface area contributed by atoms with Gasteiger partial charge in [-0.05, 0) is 69.0 Å². The number of carbonyl (C=O) groups is 3. The van der Waals surface area contributed by atoms with Gasteiger partial charge in [-0.1, -0.05) is 111 Å². The fraction of sp³-hybridized carbons (Fsp3) is 0.250. The third-order valence-electron chi connectivity index (χ3n) is 10.1. The van der Waals surface area contributed by atoms with E-state index in [4.69, 9.17) is 18.9 Å². The molecule has 0 saturated heterocycles. The maximum absolute atomic E-state index is 14.0. The summed E-state index contributed by atoms with van der Waals surface area (Å²) >= 11 is 0. The van der Waals surface area contributed by atoms with Crippen LogP contribution < -0.4 is 9.47 Å². The molecule has 5 aromatic rings. The van der Waals surface area contributed by atoms with Crippen molar-refractivity contribution in [2.75, 3.05) is 20.3 Å². The second kappa shape index (κ2) is 15.3. The molecule has 5 aromatic carbocycles. The smallest absolute Gasteiger partial charge is 0.497 e. The summed E-state index contributed by atoms with van der Waals surface area (Å²) in [6.07, 6.45) is -1.55. The Labute approximate surface area is 308 Å². The highest BCUT2D eigenvalue weighted by Gasteiger charge is 2.35. The third kappa shape index (κ3) is 7.20. The van der Waals surface area contributed by atoms with Gasteiger partial charge in [0, 0.05) is 23.5 Å². The van der Waals surface area contributed by atoms with E-state index in [1.54, 1.807) is 12.1 Å². The standard InChI is InChI=1S/C44H41NO8/c1-27(2)22-40(42(46)47)45(43(48)51-25-38-34-16-8-4-12-30(34)31-13-5-9-17-35(31)38)24-28-20-21-29(50-3)23-41(28)53-44(49)52-26-39-36-18-10-6-14-32(36)33-15-7-11-19-37(33)39/h4-21,23,27,38-40H,22,24-26H2,1-3H3,(H,46,47)/t40-/m0/s1. The van der Waals surface area contributed by atoms with Crippen molar-refractivity contribution >= 4 is 18.2 Å². The van der Waals surface area contributed by atoms with Crippen LogP contribution in [0.1, 0.15) is 59.9 Å². The van der Waals surface area contributed by atoms with Gasteiger partial charge in [-0.25, -0.2) is 14.4 Å². The molecule has 7 rings (SSSR count). The quantitative estimate of drug-likeness (QED) is 0.101. The summed E-state index contributed by atoms with van der Waals surface area (Å²) in [7, 11) is 1.48. The Morgan fingerprint density at radius 3 is 1.60 bits per heavy atom. The first kappa shape index (κ1) is 35.3. The van der Waals surface area contributed by atoms with Crippen molar-refractivity contribution in [3.8, 4) is 33.8 Å². The first-order valence-electron chi connectivity index (χ1n) is 17.8. The molecule has 2 aliphatic carbocycles. The second-order valence-corrected chi connectivity index (χ2v) is 13.8. The lowest BCUT2D eigenvalue weighted by atomic mass is 9.98. The minimum absolute atomic E-state index is 0.0170. The Bertz CT molecular complexity index is 2070. The van der Waals surface area contributed by atoms with E-state index in [1.165, 1.54) is 18.1 Å². The fourth-order valence-corrected chi connectivity index (χ4v) is 7.57. The molecule has 9 heteroatoms. The van der Waals surface area contributed by atoms with Gasteiger partial charge in [0.2, 0.25) is 0 Å². The van der Waals surface area contributed by atoms with Crippen molar-refractivity contribution in [3.05, 3.63) is 143 Å². The second-order valence-electron chi connectivity index (χ2n) is 13.8. The molecule has 0 bridgehead atoms. The first-order chi connectivity index (χ1) is 25.7. The number of carboxylic acids is 1. The number of nitrogens with zero attached hydrogens (tertiary/aromatic N) is 1. The Kier molecular flexibility index (Phi) is 10.2. The number of hydrogen-bond acceptors (Lipinski definition) is 7. The molecule has 0 radical (unpaired) electrons. The van der Waals surface area contributed by atoms with Crippen LogP contribution in [0.2, 0.25) is 0 Å². The van der Waals surface area contributed by atoms with E-state index in [1.807, 2.05) is 98.8 Å². The molecule has 0 spiro atoms. The fourth-order valence-electron chi connectivity index (χ4n) is 7.57. The van der Waals surface area contributed by atoms with Gasteiger partial charge in [0.1, 0.15) is 30.8 Å². The van der Waals surface area contributed by atoms with E-state index in [0.717, 1.165) is 44.5 Å². The lowest BCUT2D eigenvalue weighted by Crippen LogP contribution is -2.46. The number of carbonyl (C=O) groups excluding carboxylic acids is 2. The van der Waals surface area contributed by atoms with Gasteiger partial charge in [0.15, 0.2) is 0 Å². The summed E-state index contributed by atoms with van der Waals surface area (Å²) in [5.41, 5.74) is 8.95. The average Bonchev–Trinajstić information content (AvgIpc) is 3.67. The molecule has 9 nitrogen and oxygen atoms in total. The summed E-state index contributed by atoms with van der Waals surface area (Å²) in [4.78, 5) is 41.3. The number of rotatable bonds is 12. The van der Waals surface area contributed by atoms with E-state index in [2.05, 4.69) is 12.1 Å². The molecule has 1 amide bonds. The van der Waals surface area contributed by atoms with Gasteiger partial charge < -0.3 is 24.1 Å². The topological polar surface area (TPSA) is 112 Å². The van der Waals surface area contributed by atoms with Crippen molar-refractivity contribution in [1.29, 1.82) is 0 Å². The van der Waals surface area contributed by atoms with Gasteiger partial charge in [-0.2, -0.15) is 0 Å². The molecule has 0 aromatic heterocycles. The van der Waals surface area contributed by atoms with Crippen LogP contribution in [-0.4, -0.2) is 54.6 Å². The van der Waals surface area contributed by atoms with Crippen molar-refractivity contribution in [3.63, 3.8) is 0 Å². The summed E-state index contributed by atoms with van der Waals surface area (Å²) in [5.74, 6) is -1.12. The zero-order valence-electron chi connectivity index (χ0n) is 29.9. The molecule has 0 saturated carbocycles. The largest absolute Gasteiger partial charge is 0.513 e. The van der Waals surface area contributed by atoms with Crippen LogP contribution in [0.15, 0.2) is 115 Å². The summed E-state index contributed by atoms with van der Waals surface area (Å²) in [5, 5.41) is 10.4. The molecule has 0 fully saturated rings. The van der Waals surface area contributed by atoms with Gasteiger partial charge in [-0.15, -0.1) is 0 Å². The minimum atomic E-state index is -1.21. The average molecular weight is 712 g/mol. The summed E-state index contributed by atoms with van der Waals surface area (Å²) in [6.45, 7) is 3.64. The lowest BCUT2D eigenvalue weighted by Gasteiger charge is -2.30. The Balaban J connectivity index is 1.12. The minimum Gasteiger partial charge on any atom is -0.497 e.